The van der Waals surface area contributed by atoms with Gasteiger partial charge >= 0.3 is 0 Å². The first-order valence-corrected chi connectivity index (χ1v) is 8.79. The van der Waals surface area contributed by atoms with E-state index in [9.17, 15) is 8.42 Å². The highest BCUT2D eigenvalue weighted by Crippen LogP contribution is 2.24. The lowest BCUT2D eigenvalue weighted by atomic mass is 10.2. The van der Waals surface area contributed by atoms with Gasteiger partial charge in [-0.3, -0.25) is 0 Å². The van der Waals surface area contributed by atoms with E-state index in [0.29, 0.717) is 11.6 Å². The molecule has 22 heavy (non-hydrogen) atoms. The van der Waals surface area contributed by atoms with Crippen LogP contribution in [0.4, 0.5) is 0 Å². The van der Waals surface area contributed by atoms with Crippen molar-refractivity contribution in [3.63, 3.8) is 0 Å². The Morgan fingerprint density at radius 1 is 1.05 bits per heavy atom. The molecule has 0 fully saturated rings. The van der Waals surface area contributed by atoms with Crippen LogP contribution in [0.15, 0.2) is 53.4 Å². The first-order valence-electron chi connectivity index (χ1n) is 6.55. The third-order valence-corrected chi connectivity index (χ3v) is 5.01. The summed E-state index contributed by atoms with van der Waals surface area (Å²) in [4.78, 5) is -0.0373. The van der Waals surface area contributed by atoms with Gasteiger partial charge in [0.1, 0.15) is 4.90 Å². The van der Waals surface area contributed by atoms with Crippen LogP contribution in [0.3, 0.4) is 0 Å². The third kappa shape index (κ3) is 4.97. The fourth-order valence-corrected chi connectivity index (χ4v) is 3.55. The zero-order chi connectivity index (χ0) is 16.0. The number of halogens is 2. The maximum absolute atomic E-state index is 12.1. The Kier molecular flexibility index (Phi) is 6.23. The summed E-state index contributed by atoms with van der Waals surface area (Å²) in [6.45, 7) is 0.838. The van der Waals surface area contributed by atoms with Crippen LogP contribution < -0.4 is 4.72 Å². The van der Waals surface area contributed by atoms with Crippen molar-refractivity contribution in [3.8, 4) is 0 Å². The van der Waals surface area contributed by atoms with Gasteiger partial charge in [0.25, 0.3) is 0 Å². The second kappa shape index (κ2) is 7.94. The van der Waals surface area contributed by atoms with Gasteiger partial charge in [-0.2, -0.15) is 0 Å². The average molecular weight is 360 g/mol. The number of ether oxygens (including phenoxy) is 1. The van der Waals surface area contributed by atoms with Gasteiger partial charge < -0.3 is 4.74 Å². The van der Waals surface area contributed by atoms with Crippen molar-refractivity contribution in [2.45, 2.75) is 11.5 Å². The number of benzene rings is 2. The first-order chi connectivity index (χ1) is 10.5. The summed E-state index contributed by atoms with van der Waals surface area (Å²) in [7, 11) is -3.70. The number of sulfonamides is 1. The quantitative estimate of drug-likeness (QED) is 0.769. The second-order valence-corrected chi connectivity index (χ2v) is 7.09. The highest BCUT2D eigenvalue weighted by atomic mass is 35.5. The zero-order valence-corrected chi connectivity index (χ0v) is 14.0. The van der Waals surface area contributed by atoms with Gasteiger partial charge in [0.15, 0.2) is 0 Å². The number of hydrogen-bond donors (Lipinski definition) is 1. The lowest BCUT2D eigenvalue weighted by Crippen LogP contribution is -2.27. The molecule has 118 valence electrons. The van der Waals surface area contributed by atoms with Gasteiger partial charge in [0, 0.05) is 11.6 Å². The van der Waals surface area contributed by atoms with Gasteiger partial charge in [-0.15, -0.1) is 0 Å². The molecule has 0 aromatic heterocycles. The standard InChI is InChI=1S/C15H15Cl2NO3S/c16-13-6-7-14(17)15(10-13)22(19,20)18-8-9-21-11-12-4-2-1-3-5-12/h1-7,10,18H,8-9,11H2. The Morgan fingerprint density at radius 3 is 2.50 bits per heavy atom. The molecular weight excluding hydrogens is 345 g/mol. The van der Waals surface area contributed by atoms with Crippen LogP contribution in [0.1, 0.15) is 5.56 Å². The molecule has 0 saturated heterocycles. The summed E-state index contributed by atoms with van der Waals surface area (Å²) in [6, 6.07) is 13.9. The predicted molar refractivity (Wildman–Crippen MR) is 87.7 cm³/mol. The van der Waals surface area contributed by atoms with E-state index >= 15 is 0 Å². The second-order valence-electron chi connectivity index (χ2n) is 4.51. The highest BCUT2D eigenvalue weighted by Gasteiger charge is 2.17. The van der Waals surface area contributed by atoms with Gasteiger partial charge in [0.2, 0.25) is 10.0 Å². The maximum Gasteiger partial charge on any atom is 0.242 e. The summed E-state index contributed by atoms with van der Waals surface area (Å²) in [5.74, 6) is 0. The molecule has 2 aromatic rings. The molecular formula is C15H15Cl2NO3S. The van der Waals surface area contributed by atoms with Gasteiger partial charge in [-0.05, 0) is 23.8 Å². The molecule has 0 aliphatic carbocycles. The Bertz CT molecular complexity index is 721. The summed E-state index contributed by atoms with van der Waals surface area (Å²) in [6.07, 6.45) is 0. The van der Waals surface area contributed by atoms with Crippen LogP contribution >= 0.6 is 23.2 Å². The normalized spacial score (nSPS) is 11.5. The molecule has 4 nitrogen and oxygen atoms in total. The Labute approximate surface area is 140 Å². The topological polar surface area (TPSA) is 55.4 Å². The van der Waals surface area contributed by atoms with Crippen LogP contribution in [0.2, 0.25) is 10.0 Å². The van der Waals surface area contributed by atoms with E-state index in [0.717, 1.165) is 5.56 Å². The van der Waals surface area contributed by atoms with Crippen molar-refractivity contribution in [2.75, 3.05) is 13.2 Å². The smallest absolute Gasteiger partial charge is 0.242 e. The summed E-state index contributed by atoms with van der Waals surface area (Å²) in [5, 5.41) is 0.437. The molecule has 0 spiro atoms. The molecule has 0 heterocycles. The molecule has 0 aliphatic rings. The zero-order valence-electron chi connectivity index (χ0n) is 11.6. The molecule has 0 saturated carbocycles. The molecule has 0 unspecified atom stereocenters. The Hall–Kier alpha value is -1.11. The van der Waals surface area contributed by atoms with Crippen LogP contribution in [0, 0.1) is 0 Å². The predicted octanol–water partition coefficient (Wildman–Crippen LogP) is 3.49. The highest BCUT2D eigenvalue weighted by molar-refractivity contribution is 7.89. The molecule has 0 aliphatic heterocycles. The van der Waals surface area contributed by atoms with E-state index < -0.39 is 10.0 Å². The molecule has 2 rings (SSSR count). The summed E-state index contributed by atoms with van der Waals surface area (Å²) in [5.41, 5.74) is 1.03. The van der Waals surface area contributed by atoms with Crippen LogP contribution in [0.25, 0.3) is 0 Å². The van der Waals surface area contributed by atoms with Crippen molar-refractivity contribution in [1.29, 1.82) is 0 Å². The Morgan fingerprint density at radius 2 is 1.77 bits per heavy atom. The van der Waals surface area contributed by atoms with Crippen molar-refractivity contribution in [2.24, 2.45) is 0 Å². The average Bonchev–Trinajstić information content (AvgIpc) is 2.50. The SMILES string of the molecule is O=S(=O)(NCCOCc1ccccc1)c1cc(Cl)ccc1Cl. The number of rotatable bonds is 7. The summed E-state index contributed by atoms with van der Waals surface area (Å²) < 4.78 is 32.1. The minimum absolute atomic E-state index is 0.0373. The lowest BCUT2D eigenvalue weighted by molar-refractivity contribution is 0.126. The van der Waals surface area contributed by atoms with E-state index in [1.165, 1.54) is 18.2 Å². The van der Waals surface area contributed by atoms with Gasteiger partial charge in [0.05, 0.1) is 18.2 Å². The van der Waals surface area contributed by atoms with Gasteiger partial charge in [-0.1, -0.05) is 53.5 Å². The molecule has 1 N–H and O–H groups in total. The first kappa shape index (κ1) is 17.2. The fourth-order valence-electron chi connectivity index (χ4n) is 1.77. The Balaban J connectivity index is 1.84. The molecule has 7 heteroatoms. The van der Waals surface area contributed by atoms with Crippen molar-refractivity contribution >= 4 is 33.2 Å². The largest absolute Gasteiger partial charge is 0.375 e. The molecule has 2 aromatic carbocycles. The molecule has 0 atom stereocenters. The van der Waals surface area contributed by atoms with Gasteiger partial charge in [-0.25, -0.2) is 13.1 Å². The number of nitrogens with one attached hydrogen (secondary N) is 1. The van der Waals surface area contributed by atoms with Crippen LogP contribution in [-0.4, -0.2) is 21.6 Å². The molecule has 0 radical (unpaired) electrons. The van der Waals surface area contributed by atoms with Crippen molar-refractivity contribution in [3.05, 3.63) is 64.1 Å². The molecule has 0 amide bonds. The third-order valence-electron chi connectivity index (χ3n) is 2.83. The molecule has 0 bridgehead atoms. The monoisotopic (exact) mass is 359 g/mol. The van der Waals surface area contributed by atoms with Crippen LogP contribution in [-0.2, 0) is 21.4 Å². The summed E-state index contributed by atoms with van der Waals surface area (Å²) >= 11 is 11.7. The maximum atomic E-state index is 12.1. The van der Waals surface area contributed by atoms with E-state index in [1.54, 1.807) is 0 Å². The lowest BCUT2D eigenvalue weighted by Gasteiger charge is -2.09. The van der Waals surface area contributed by atoms with Crippen molar-refractivity contribution < 1.29 is 13.2 Å². The van der Waals surface area contributed by atoms with Crippen molar-refractivity contribution in [1.82, 2.24) is 4.72 Å². The number of hydrogen-bond acceptors (Lipinski definition) is 3. The van der Waals surface area contributed by atoms with Crippen LogP contribution in [0.5, 0.6) is 0 Å². The van der Waals surface area contributed by atoms with E-state index in [4.69, 9.17) is 27.9 Å². The minimum Gasteiger partial charge on any atom is -0.375 e. The van der Waals surface area contributed by atoms with E-state index in [1.807, 2.05) is 30.3 Å². The van der Waals surface area contributed by atoms with E-state index in [-0.39, 0.29) is 23.1 Å². The fraction of sp³-hybridized carbons (Fsp3) is 0.200. The minimum atomic E-state index is -3.70. The van der Waals surface area contributed by atoms with E-state index in [2.05, 4.69) is 4.72 Å².